The zero-order valence-electron chi connectivity index (χ0n) is 49.6. The Kier molecular flexibility index (Phi) is 30.5. The van der Waals surface area contributed by atoms with E-state index in [0.717, 1.165) is 67.6 Å². The molecular formula is C71H82F8IN3P4. The van der Waals surface area contributed by atoms with Crippen LogP contribution in [0.5, 0.6) is 0 Å². The van der Waals surface area contributed by atoms with Crippen molar-refractivity contribution in [2.24, 2.45) is 0 Å². The second kappa shape index (κ2) is 37.0. The fraction of sp³-hybridized carbons (Fsp3) is 0.324. The Morgan fingerprint density at radius 1 is 0.402 bits per heavy atom. The van der Waals surface area contributed by atoms with E-state index in [0.29, 0.717) is 17.9 Å². The number of rotatable bonds is 20. The molecule has 0 radical (unpaired) electrons. The van der Waals surface area contributed by atoms with Crippen molar-refractivity contribution < 1.29 is 35.1 Å². The van der Waals surface area contributed by atoms with Gasteiger partial charge in [0, 0.05) is 42.8 Å². The van der Waals surface area contributed by atoms with Crippen molar-refractivity contribution in [3.8, 4) is 0 Å². The van der Waals surface area contributed by atoms with Crippen LogP contribution >= 0.6 is 51.8 Å². The molecule has 10 rings (SSSR count). The second-order valence-corrected chi connectivity index (χ2v) is 32.4. The lowest BCUT2D eigenvalue weighted by Gasteiger charge is -2.42. The van der Waals surface area contributed by atoms with Gasteiger partial charge in [-0.2, -0.15) is 0 Å². The standard InChI is InChI=1S/C32H31F4NP2.C20H26NP.C12H6F4IP.C6H15N.CH4/c1-2-3-22-37(39(31-25(33)16-10-17-26(31)34)32-27(35)18-11-19-28(32)36)38-29(23-12-6-4-7-13-23)20-21-30(38)24-14-8-5-9-15-24;1-2-3-16-21-22-19(17-10-6-4-7-11-17)14-15-20(22)18-12-8-5-9-13-18;13-7-3-1-4-8(14)11(7)18(17)12-9(15)5-2-6-10(12)16;1-4-7(5-2)6-3;/h4-19,29-30H,2-3,20-22H2,1H3;4-13,19-21H,2-3,14-16H2,1H3;1-6H;4-6H2,1-3H3;1H4/t29-,30-;19-,20-;;;/m10.../s1. The molecule has 16 heteroatoms. The third kappa shape index (κ3) is 19.0. The Balaban J connectivity index is 0.000000212. The molecule has 2 heterocycles. The summed E-state index contributed by atoms with van der Waals surface area (Å²) in [6, 6.07) is 56.7. The number of nitrogens with zero attached hydrogens (tertiary/aromatic N) is 2. The minimum absolute atomic E-state index is 0. The third-order valence-electron chi connectivity index (χ3n) is 15.4. The molecule has 464 valence electrons. The van der Waals surface area contributed by atoms with Gasteiger partial charge in [0.15, 0.2) is 0 Å². The molecule has 0 aliphatic carbocycles. The summed E-state index contributed by atoms with van der Waals surface area (Å²) in [5.41, 5.74) is 5.18. The van der Waals surface area contributed by atoms with E-state index in [1.807, 2.05) is 36.4 Å². The number of hydrogen-bond donors (Lipinski definition) is 1. The summed E-state index contributed by atoms with van der Waals surface area (Å²) in [5.74, 6) is -6.26. The first-order chi connectivity index (χ1) is 41.8. The minimum atomic E-state index is -2.19. The molecular weight excluding hydrogens is 1300 g/mol. The smallest absolute Gasteiger partial charge is 0.135 e. The molecule has 4 atom stereocenters. The molecule has 0 aromatic heterocycles. The van der Waals surface area contributed by atoms with Crippen molar-refractivity contribution in [3.05, 3.63) is 263 Å². The minimum Gasteiger partial charge on any atom is -0.304 e. The Morgan fingerprint density at radius 3 is 0.977 bits per heavy atom. The first-order valence-electron chi connectivity index (χ1n) is 29.8. The van der Waals surface area contributed by atoms with Gasteiger partial charge in [-0.15, -0.1) is 0 Å². The van der Waals surface area contributed by atoms with Crippen molar-refractivity contribution >= 4 is 73.0 Å². The maximum atomic E-state index is 15.6. The SMILES string of the molecule is C.CCCCN(P(c1c(F)cccc1F)c1c(F)cccc1F)P1[C@@H](c2ccccc2)CC[C@@H]1c1ccccc1.CCCCNP1[C@H](c2ccccc2)CC[C@H]1c1ccccc1.CCN(CC)CC.Fc1cccc(F)c1P(I)c1c(F)cccc1F. The van der Waals surface area contributed by atoms with Crippen LogP contribution in [0.25, 0.3) is 0 Å². The van der Waals surface area contributed by atoms with E-state index >= 15 is 17.6 Å². The predicted molar refractivity (Wildman–Crippen MR) is 366 cm³/mol. The van der Waals surface area contributed by atoms with Crippen LogP contribution in [-0.4, -0.2) is 42.1 Å². The van der Waals surface area contributed by atoms with E-state index in [1.165, 1.54) is 105 Å². The maximum absolute atomic E-state index is 15.6. The summed E-state index contributed by atoms with van der Waals surface area (Å²) >= 11 is 1.68. The van der Waals surface area contributed by atoms with Crippen LogP contribution in [0.3, 0.4) is 0 Å². The molecule has 0 saturated carbocycles. The van der Waals surface area contributed by atoms with Crippen LogP contribution in [-0.2, 0) is 0 Å². The van der Waals surface area contributed by atoms with Crippen molar-refractivity contribution in [1.29, 1.82) is 0 Å². The highest BCUT2D eigenvalue weighted by Gasteiger charge is 2.46. The van der Waals surface area contributed by atoms with Gasteiger partial charge in [-0.25, -0.2) is 35.1 Å². The topological polar surface area (TPSA) is 18.5 Å². The number of halogens is 9. The molecule has 0 bridgehead atoms. The molecule has 8 aromatic rings. The summed E-state index contributed by atoms with van der Waals surface area (Å²) in [6.07, 6.45) is 8.54. The molecule has 87 heavy (non-hydrogen) atoms. The van der Waals surface area contributed by atoms with Gasteiger partial charge < -0.3 is 4.90 Å². The van der Waals surface area contributed by atoms with E-state index in [4.69, 9.17) is 0 Å². The first-order valence-corrected chi connectivity index (χ1v) is 38.1. The average Bonchev–Trinajstić information content (AvgIpc) is 2.49. The van der Waals surface area contributed by atoms with Gasteiger partial charge in [0.25, 0.3) is 0 Å². The van der Waals surface area contributed by atoms with Gasteiger partial charge in [-0.1, -0.05) is 200 Å². The lowest BCUT2D eigenvalue weighted by molar-refractivity contribution is 0.321. The van der Waals surface area contributed by atoms with Crippen LogP contribution in [0.15, 0.2) is 194 Å². The third-order valence-corrected chi connectivity index (χ3v) is 29.6. The number of benzene rings is 8. The zero-order valence-corrected chi connectivity index (χ0v) is 55.3. The van der Waals surface area contributed by atoms with Crippen molar-refractivity contribution in [1.82, 2.24) is 14.4 Å². The first kappa shape index (κ1) is 71.6. The van der Waals surface area contributed by atoms with Crippen molar-refractivity contribution in [2.45, 2.75) is 116 Å². The van der Waals surface area contributed by atoms with Crippen molar-refractivity contribution in [3.63, 3.8) is 0 Å². The molecule has 0 amide bonds. The molecule has 0 unspecified atom stereocenters. The normalized spacial score (nSPS) is 16.7. The van der Waals surface area contributed by atoms with E-state index in [9.17, 15) is 17.6 Å². The van der Waals surface area contributed by atoms with Gasteiger partial charge >= 0.3 is 0 Å². The van der Waals surface area contributed by atoms with Crippen LogP contribution in [0.1, 0.15) is 138 Å². The van der Waals surface area contributed by atoms with Gasteiger partial charge in [0.2, 0.25) is 0 Å². The number of nitrogens with one attached hydrogen (secondary N) is 1. The van der Waals surface area contributed by atoms with E-state index in [1.54, 1.807) is 22.0 Å². The highest BCUT2D eigenvalue weighted by molar-refractivity contribution is 14.2. The highest BCUT2D eigenvalue weighted by atomic mass is 127. The highest BCUT2D eigenvalue weighted by Crippen LogP contribution is 2.76. The Morgan fingerprint density at radius 2 is 0.690 bits per heavy atom. The van der Waals surface area contributed by atoms with Crippen LogP contribution in [0, 0.1) is 46.5 Å². The van der Waals surface area contributed by atoms with Gasteiger partial charge in [0.05, 0.1) is 21.2 Å². The molecule has 2 aliphatic heterocycles. The lowest BCUT2D eigenvalue weighted by atomic mass is 10.0. The molecule has 3 nitrogen and oxygen atoms in total. The number of hydrogen-bond acceptors (Lipinski definition) is 3. The quantitative estimate of drug-likeness (QED) is 0.0355. The van der Waals surface area contributed by atoms with Crippen LogP contribution < -0.4 is 26.3 Å². The van der Waals surface area contributed by atoms with Gasteiger partial charge in [0.1, 0.15) is 46.5 Å². The Bertz CT molecular complexity index is 3000. The summed E-state index contributed by atoms with van der Waals surface area (Å²) < 4.78 is 119. The molecule has 1 N–H and O–H groups in total. The molecule has 2 fully saturated rings. The van der Waals surface area contributed by atoms with Crippen molar-refractivity contribution in [2.75, 3.05) is 32.7 Å². The average molecular weight is 1380 g/mol. The second-order valence-electron chi connectivity index (χ2n) is 20.9. The Labute approximate surface area is 530 Å². The van der Waals surface area contributed by atoms with Gasteiger partial charge in [-0.05, 0) is 174 Å². The van der Waals surface area contributed by atoms with Gasteiger partial charge in [-0.3, -0.25) is 9.53 Å². The zero-order chi connectivity index (χ0) is 61.5. The monoisotopic (exact) mass is 1380 g/mol. The summed E-state index contributed by atoms with van der Waals surface area (Å²) in [6.45, 7) is 16.1. The summed E-state index contributed by atoms with van der Waals surface area (Å²) in [4.78, 5) is 2.38. The van der Waals surface area contributed by atoms with E-state index in [2.05, 4.69) is 134 Å². The molecule has 2 aliphatic rings. The van der Waals surface area contributed by atoms with Crippen LogP contribution in [0.4, 0.5) is 35.1 Å². The summed E-state index contributed by atoms with van der Waals surface area (Å²) in [5, 5.41) is 2.91. The molecule has 2 saturated heterocycles. The fourth-order valence-corrected chi connectivity index (χ4v) is 25.7. The maximum Gasteiger partial charge on any atom is 0.135 e. The summed E-state index contributed by atoms with van der Waals surface area (Å²) in [7, 11) is -3.52. The van der Waals surface area contributed by atoms with E-state index in [-0.39, 0.29) is 48.0 Å². The Hall–Kier alpha value is -4.47. The molecule has 8 aromatic carbocycles. The fourth-order valence-electron chi connectivity index (χ4n) is 11.0. The number of unbranched alkanes of at least 4 members (excludes halogenated alkanes) is 2. The lowest BCUT2D eigenvalue weighted by Crippen LogP contribution is -2.33. The van der Waals surface area contributed by atoms with E-state index < -0.39 is 68.2 Å². The largest absolute Gasteiger partial charge is 0.304 e. The molecule has 0 spiro atoms. The predicted octanol–water partition coefficient (Wildman–Crippen LogP) is 21.4. The van der Waals surface area contributed by atoms with Crippen LogP contribution in [0.2, 0.25) is 0 Å².